The minimum Gasteiger partial charge on any atom is -0.469 e. The van der Waals surface area contributed by atoms with Crippen LogP contribution in [-0.2, 0) is 20.7 Å². The van der Waals surface area contributed by atoms with Crippen molar-refractivity contribution in [1.82, 2.24) is 4.90 Å². The molecule has 2 atom stereocenters. The lowest BCUT2D eigenvalue weighted by molar-refractivity contribution is -0.142. The summed E-state index contributed by atoms with van der Waals surface area (Å²) in [5.41, 5.74) is 2.86. The Balaban J connectivity index is 2.59. The average Bonchev–Trinajstić information content (AvgIpc) is 2.58. The normalized spacial score (nSPS) is 19.6. The van der Waals surface area contributed by atoms with Crippen LogP contribution in [0.15, 0.2) is 18.2 Å². The first-order chi connectivity index (χ1) is 12.6. The van der Waals surface area contributed by atoms with E-state index in [1.807, 2.05) is 20.8 Å². The third-order valence-electron chi connectivity index (χ3n) is 5.03. The second-order valence-electron chi connectivity index (χ2n) is 8.52. The Morgan fingerprint density at radius 3 is 2.44 bits per heavy atom. The van der Waals surface area contributed by atoms with Crippen LogP contribution in [0.3, 0.4) is 0 Å². The fraction of sp³-hybridized carbons (Fsp3) is 0.636. The summed E-state index contributed by atoms with van der Waals surface area (Å²) in [6, 6.07) is 5.89. The summed E-state index contributed by atoms with van der Waals surface area (Å²) in [5, 5.41) is 0. The number of nitrogens with zero attached hydrogens (tertiary/aromatic N) is 1. The Morgan fingerprint density at radius 2 is 1.93 bits per heavy atom. The molecule has 2 rings (SSSR count). The van der Waals surface area contributed by atoms with Gasteiger partial charge >= 0.3 is 12.1 Å². The fourth-order valence-electron chi connectivity index (χ4n) is 3.84. The highest BCUT2D eigenvalue weighted by atomic mass is 16.6. The molecule has 1 aliphatic rings. The van der Waals surface area contributed by atoms with Crippen molar-refractivity contribution in [3.8, 4) is 0 Å². The van der Waals surface area contributed by atoms with Crippen LogP contribution in [0.1, 0.15) is 83.0 Å². The highest BCUT2D eigenvalue weighted by Gasteiger charge is 2.41. The number of hydrogen-bond donors (Lipinski definition) is 0. The Morgan fingerprint density at radius 1 is 1.26 bits per heavy atom. The van der Waals surface area contributed by atoms with Crippen molar-refractivity contribution >= 4 is 12.1 Å². The molecule has 0 N–H and O–H groups in total. The molecule has 0 saturated heterocycles. The van der Waals surface area contributed by atoms with Gasteiger partial charge in [-0.1, -0.05) is 39.0 Å². The molecule has 150 valence electrons. The van der Waals surface area contributed by atoms with Gasteiger partial charge in [0.1, 0.15) is 5.60 Å². The molecule has 0 fully saturated rings. The molecule has 0 aromatic heterocycles. The van der Waals surface area contributed by atoms with Crippen LogP contribution < -0.4 is 0 Å². The van der Waals surface area contributed by atoms with Gasteiger partial charge in [-0.15, -0.1) is 0 Å². The molecule has 0 radical (unpaired) electrons. The van der Waals surface area contributed by atoms with Crippen molar-refractivity contribution in [3.63, 3.8) is 0 Å². The van der Waals surface area contributed by atoms with E-state index in [0.29, 0.717) is 5.92 Å². The summed E-state index contributed by atoms with van der Waals surface area (Å²) in [5.74, 6) is -0.0337. The molecule has 5 heteroatoms. The lowest BCUT2D eigenvalue weighted by Gasteiger charge is -2.44. The minimum absolute atomic E-state index is 0.00980. The van der Waals surface area contributed by atoms with Gasteiger partial charge in [-0.3, -0.25) is 9.69 Å². The summed E-state index contributed by atoms with van der Waals surface area (Å²) < 4.78 is 10.7. The second kappa shape index (κ2) is 8.32. The fourth-order valence-corrected chi connectivity index (χ4v) is 3.84. The van der Waals surface area contributed by atoms with Gasteiger partial charge in [0.05, 0.1) is 19.6 Å². The highest BCUT2D eigenvalue weighted by molar-refractivity contribution is 5.75. The van der Waals surface area contributed by atoms with Gasteiger partial charge in [0, 0.05) is 6.04 Å². The number of fused-ring (bicyclic) bond motifs is 1. The number of ether oxygens (including phenoxy) is 2. The minimum atomic E-state index is -0.594. The SMILES string of the molecule is CC[C@@H]1Cc2cccc(C(C)C)c2[C@@H](CC(=O)OC)N1C(=O)OC(C)(C)C. The maximum atomic E-state index is 13.1. The largest absolute Gasteiger partial charge is 0.469 e. The first-order valence-electron chi connectivity index (χ1n) is 9.78. The monoisotopic (exact) mass is 375 g/mol. The van der Waals surface area contributed by atoms with E-state index in [1.54, 1.807) is 4.90 Å². The van der Waals surface area contributed by atoms with Crippen molar-refractivity contribution in [1.29, 1.82) is 0 Å². The summed E-state index contributed by atoms with van der Waals surface area (Å²) in [7, 11) is 1.38. The maximum absolute atomic E-state index is 13.1. The van der Waals surface area contributed by atoms with Crippen LogP contribution in [0, 0.1) is 0 Å². The van der Waals surface area contributed by atoms with Crippen molar-refractivity contribution in [2.24, 2.45) is 0 Å². The smallest absolute Gasteiger partial charge is 0.411 e. The molecule has 1 amide bonds. The molecule has 0 saturated carbocycles. The van der Waals surface area contributed by atoms with Gasteiger partial charge in [-0.05, 0) is 56.2 Å². The molecule has 0 aliphatic carbocycles. The summed E-state index contributed by atoms with van der Waals surface area (Å²) in [6.07, 6.45) is 1.32. The van der Waals surface area contributed by atoms with E-state index >= 15 is 0 Å². The predicted molar refractivity (Wildman–Crippen MR) is 106 cm³/mol. The second-order valence-corrected chi connectivity index (χ2v) is 8.52. The van der Waals surface area contributed by atoms with Gasteiger partial charge in [0.25, 0.3) is 0 Å². The molecule has 1 aliphatic heterocycles. The highest BCUT2D eigenvalue weighted by Crippen LogP contribution is 2.41. The zero-order valence-corrected chi connectivity index (χ0v) is 17.7. The first-order valence-corrected chi connectivity index (χ1v) is 9.78. The van der Waals surface area contributed by atoms with Gasteiger partial charge < -0.3 is 9.47 Å². The Hall–Kier alpha value is -2.04. The molecular formula is C22H33NO4. The number of amides is 1. The molecule has 1 aromatic rings. The number of carbonyl (C=O) groups is 2. The summed E-state index contributed by atoms with van der Waals surface area (Å²) >= 11 is 0. The van der Waals surface area contributed by atoms with E-state index in [-0.39, 0.29) is 30.6 Å². The number of carbonyl (C=O) groups excluding carboxylic acids is 2. The van der Waals surface area contributed by atoms with Crippen molar-refractivity contribution in [2.45, 2.75) is 84.4 Å². The van der Waals surface area contributed by atoms with Crippen LogP contribution in [0.5, 0.6) is 0 Å². The van der Waals surface area contributed by atoms with E-state index in [0.717, 1.165) is 18.4 Å². The number of benzene rings is 1. The zero-order valence-electron chi connectivity index (χ0n) is 17.7. The van der Waals surface area contributed by atoms with E-state index in [2.05, 4.69) is 39.0 Å². The molecule has 0 unspecified atom stereocenters. The van der Waals surface area contributed by atoms with Crippen LogP contribution in [-0.4, -0.2) is 35.7 Å². The molecule has 0 bridgehead atoms. The topological polar surface area (TPSA) is 55.8 Å². The average molecular weight is 376 g/mol. The summed E-state index contributed by atoms with van der Waals surface area (Å²) in [6.45, 7) is 11.9. The number of methoxy groups -OCH3 is 1. The van der Waals surface area contributed by atoms with Crippen LogP contribution >= 0.6 is 0 Å². The maximum Gasteiger partial charge on any atom is 0.411 e. The van der Waals surface area contributed by atoms with Crippen molar-refractivity contribution in [2.75, 3.05) is 7.11 Å². The Kier molecular flexibility index (Phi) is 6.55. The van der Waals surface area contributed by atoms with Crippen molar-refractivity contribution in [3.05, 3.63) is 34.9 Å². The van der Waals surface area contributed by atoms with Crippen LogP contribution in [0.2, 0.25) is 0 Å². The van der Waals surface area contributed by atoms with E-state index in [4.69, 9.17) is 9.47 Å². The predicted octanol–water partition coefficient (Wildman–Crippen LogP) is 4.99. The molecule has 1 heterocycles. The number of hydrogen-bond acceptors (Lipinski definition) is 4. The summed E-state index contributed by atoms with van der Waals surface area (Å²) in [4.78, 5) is 27.1. The Bertz CT molecular complexity index is 690. The van der Waals surface area contributed by atoms with Gasteiger partial charge in [-0.2, -0.15) is 0 Å². The van der Waals surface area contributed by atoms with Crippen LogP contribution in [0.4, 0.5) is 4.79 Å². The third-order valence-corrected chi connectivity index (χ3v) is 5.03. The Labute approximate surface area is 163 Å². The van der Waals surface area contributed by atoms with Gasteiger partial charge in [-0.25, -0.2) is 4.79 Å². The molecule has 5 nitrogen and oxygen atoms in total. The van der Waals surface area contributed by atoms with Crippen molar-refractivity contribution < 1.29 is 19.1 Å². The first kappa shape index (κ1) is 21.3. The molecular weight excluding hydrogens is 342 g/mol. The standard InChI is InChI=1S/C22H33NO4/c1-8-16-12-15-10-9-11-17(14(2)3)20(15)18(13-19(24)26-7)23(16)21(25)27-22(4,5)6/h9-11,14,16,18H,8,12-13H2,1-7H3/t16-,18-/m1/s1. The van der Waals surface area contributed by atoms with E-state index in [9.17, 15) is 9.59 Å². The van der Waals surface area contributed by atoms with Gasteiger partial charge in [0.15, 0.2) is 0 Å². The van der Waals surface area contributed by atoms with Crippen LogP contribution in [0.25, 0.3) is 0 Å². The van der Waals surface area contributed by atoms with E-state index in [1.165, 1.54) is 18.2 Å². The lowest BCUT2D eigenvalue weighted by atomic mass is 9.80. The molecule has 27 heavy (non-hydrogen) atoms. The number of rotatable bonds is 4. The number of esters is 1. The van der Waals surface area contributed by atoms with Gasteiger partial charge in [0.2, 0.25) is 0 Å². The van der Waals surface area contributed by atoms with E-state index < -0.39 is 5.60 Å². The third kappa shape index (κ3) is 4.82. The molecule has 0 spiro atoms. The molecule has 1 aromatic carbocycles. The lowest BCUT2D eigenvalue weighted by Crippen LogP contribution is -2.50. The quantitative estimate of drug-likeness (QED) is 0.696. The zero-order chi connectivity index (χ0) is 20.4.